The quantitative estimate of drug-likeness (QED) is 0.584. The first-order valence-corrected chi connectivity index (χ1v) is 5.03. The lowest BCUT2D eigenvalue weighted by Gasteiger charge is -2.50. The molecule has 0 spiro atoms. The number of fused-ring (bicyclic) bond motifs is 3. The standard InChI is InChI=1S/C10H18FN/c1-8(2)9-7-12-5-3-10(9,11)4-6-12/h8-9H,3-7H2,1-2H3. The van der Waals surface area contributed by atoms with Crippen molar-refractivity contribution in [3.05, 3.63) is 0 Å². The second kappa shape index (κ2) is 2.69. The highest BCUT2D eigenvalue weighted by molar-refractivity contribution is 4.99. The number of alkyl halides is 1. The number of rotatable bonds is 1. The van der Waals surface area contributed by atoms with Gasteiger partial charge < -0.3 is 4.90 Å². The van der Waals surface area contributed by atoms with E-state index in [0.717, 1.165) is 32.5 Å². The van der Waals surface area contributed by atoms with Crippen molar-refractivity contribution in [3.8, 4) is 0 Å². The summed E-state index contributed by atoms with van der Waals surface area (Å²) in [7, 11) is 0. The molecule has 1 unspecified atom stereocenters. The summed E-state index contributed by atoms with van der Waals surface area (Å²) in [6.07, 6.45) is 1.55. The molecule has 3 heterocycles. The van der Waals surface area contributed by atoms with Crippen molar-refractivity contribution in [2.24, 2.45) is 11.8 Å². The molecular weight excluding hydrogens is 153 g/mol. The minimum atomic E-state index is -0.817. The Morgan fingerprint density at radius 3 is 2.25 bits per heavy atom. The van der Waals surface area contributed by atoms with Crippen LogP contribution in [0.4, 0.5) is 4.39 Å². The van der Waals surface area contributed by atoms with Crippen LogP contribution >= 0.6 is 0 Å². The third kappa shape index (κ3) is 1.17. The van der Waals surface area contributed by atoms with E-state index in [0.29, 0.717) is 11.8 Å². The van der Waals surface area contributed by atoms with E-state index in [9.17, 15) is 4.39 Å². The molecule has 0 saturated carbocycles. The molecule has 1 nitrogen and oxygen atoms in total. The van der Waals surface area contributed by atoms with E-state index in [1.165, 1.54) is 0 Å². The van der Waals surface area contributed by atoms with Crippen LogP contribution < -0.4 is 0 Å². The molecule has 3 aliphatic heterocycles. The molecule has 12 heavy (non-hydrogen) atoms. The van der Waals surface area contributed by atoms with E-state index in [-0.39, 0.29) is 0 Å². The second-order valence-electron chi connectivity index (χ2n) is 4.69. The molecule has 3 saturated heterocycles. The van der Waals surface area contributed by atoms with Crippen LogP contribution in [0.3, 0.4) is 0 Å². The Morgan fingerprint density at radius 2 is 1.92 bits per heavy atom. The first kappa shape index (κ1) is 8.49. The van der Waals surface area contributed by atoms with E-state index < -0.39 is 5.67 Å². The van der Waals surface area contributed by atoms with Crippen LogP contribution in [-0.4, -0.2) is 30.2 Å². The van der Waals surface area contributed by atoms with Gasteiger partial charge in [0.05, 0.1) is 0 Å². The molecule has 0 aromatic carbocycles. The van der Waals surface area contributed by atoms with E-state index >= 15 is 0 Å². The van der Waals surface area contributed by atoms with Gasteiger partial charge in [-0.1, -0.05) is 13.8 Å². The van der Waals surface area contributed by atoms with Crippen molar-refractivity contribution < 1.29 is 4.39 Å². The lowest BCUT2D eigenvalue weighted by molar-refractivity contribution is -0.0769. The number of nitrogens with zero attached hydrogens (tertiary/aromatic N) is 1. The van der Waals surface area contributed by atoms with Crippen molar-refractivity contribution in [3.63, 3.8) is 0 Å². The lowest BCUT2D eigenvalue weighted by atomic mass is 9.71. The zero-order valence-electron chi connectivity index (χ0n) is 8.02. The summed E-state index contributed by atoms with van der Waals surface area (Å²) in [5, 5.41) is 0. The number of piperidine rings is 3. The topological polar surface area (TPSA) is 3.24 Å². The zero-order valence-corrected chi connectivity index (χ0v) is 8.02. The van der Waals surface area contributed by atoms with Crippen LogP contribution in [0.1, 0.15) is 26.7 Å². The smallest absolute Gasteiger partial charge is 0.117 e. The molecule has 0 amide bonds. The summed E-state index contributed by atoms with van der Waals surface area (Å²) in [5.41, 5.74) is -0.817. The molecule has 0 aromatic rings. The maximum absolute atomic E-state index is 14.2. The minimum absolute atomic E-state index is 0.292. The summed E-state index contributed by atoms with van der Waals surface area (Å²) >= 11 is 0. The van der Waals surface area contributed by atoms with Gasteiger partial charge in [0.2, 0.25) is 0 Å². The number of hydrogen-bond acceptors (Lipinski definition) is 1. The van der Waals surface area contributed by atoms with E-state index in [1.807, 2.05) is 0 Å². The van der Waals surface area contributed by atoms with Crippen molar-refractivity contribution >= 4 is 0 Å². The van der Waals surface area contributed by atoms with E-state index in [2.05, 4.69) is 18.7 Å². The molecular formula is C10H18FN. The average molecular weight is 171 g/mol. The minimum Gasteiger partial charge on any atom is -0.303 e. The number of hydrogen-bond donors (Lipinski definition) is 0. The van der Waals surface area contributed by atoms with Crippen molar-refractivity contribution in [1.82, 2.24) is 4.90 Å². The Kier molecular flexibility index (Phi) is 1.90. The molecule has 3 fully saturated rings. The van der Waals surface area contributed by atoms with Gasteiger partial charge in [-0.3, -0.25) is 0 Å². The molecule has 3 rings (SSSR count). The van der Waals surface area contributed by atoms with Crippen molar-refractivity contribution in [2.45, 2.75) is 32.4 Å². The highest BCUT2D eigenvalue weighted by atomic mass is 19.1. The molecule has 0 aromatic heterocycles. The normalized spacial score (nSPS) is 47.0. The summed E-state index contributed by atoms with van der Waals surface area (Å²) in [6.45, 7) is 7.26. The van der Waals surface area contributed by atoms with Crippen LogP contribution in [0.5, 0.6) is 0 Å². The summed E-state index contributed by atoms with van der Waals surface area (Å²) < 4.78 is 14.2. The average Bonchev–Trinajstić information content (AvgIpc) is 2.04. The van der Waals surface area contributed by atoms with Gasteiger partial charge in [-0.2, -0.15) is 0 Å². The Labute approximate surface area is 73.9 Å². The lowest BCUT2D eigenvalue weighted by Crippen LogP contribution is -2.57. The monoisotopic (exact) mass is 171 g/mol. The van der Waals surface area contributed by atoms with Gasteiger partial charge in [0.1, 0.15) is 5.67 Å². The van der Waals surface area contributed by atoms with Crippen LogP contribution in [0, 0.1) is 11.8 Å². The zero-order chi connectivity index (χ0) is 8.77. The predicted molar refractivity (Wildman–Crippen MR) is 47.8 cm³/mol. The van der Waals surface area contributed by atoms with Crippen LogP contribution in [-0.2, 0) is 0 Å². The maximum Gasteiger partial charge on any atom is 0.117 e. The summed E-state index contributed by atoms with van der Waals surface area (Å²) in [4.78, 5) is 2.41. The fraction of sp³-hybridized carbons (Fsp3) is 1.00. The Balaban J connectivity index is 2.15. The third-order valence-corrected chi connectivity index (χ3v) is 3.61. The van der Waals surface area contributed by atoms with Gasteiger partial charge in [0, 0.05) is 25.6 Å². The Hall–Kier alpha value is -0.110. The molecule has 1 atom stereocenters. The second-order valence-corrected chi connectivity index (χ2v) is 4.69. The Morgan fingerprint density at radius 1 is 1.33 bits per heavy atom. The fourth-order valence-electron chi connectivity index (χ4n) is 2.73. The Bertz CT molecular complexity index is 171. The van der Waals surface area contributed by atoms with E-state index in [4.69, 9.17) is 0 Å². The van der Waals surface area contributed by atoms with Gasteiger partial charge in [-0.15, -0.1) is 0 Å². The molecule has 2 bridgehead atoms. The van der Waals surface area contributed by atoms with Gasteiger partial charge in [0.25, 0.3) is 0 Å². The molecule has 0 N–H and O–H groups in total. The molecule has 0 radical (unpaired) electrons. The fourth-order valence-corrected chi connectivity index (χ4v) is 2.73. The summed E-state index contributed by atoms with van der Waals surface area (Å²) in [6, 6.07) is 0. The van der Waals surface area contributed by atoms with E-state index in [1.54, 1.807) is 0 Å². The first-order valence-electron chi connectivity index (χ1n) is 5.03. The first-order chi connectivity index (χ1) is 5.62. The van der Waals surface area contributed by atoms with Gasteiger partial charge in [-0.05, 0) is 18.8 Å². The van der Waals surface area contributed by atoms with Crippen LogP contribution in [0.15, 0.2) is 0 Å². The molecule has 70 valence electrons. The largest absolute Gasteiger partial charge is 0.303 e. The summed E-state index contributed by atoms with van der Waals surface area (Å²) in [5.74, 6) is 0.790. The molecule has 2 heteroatoms. The molecule has 3 aliphatic rings. The van der Waals surface area contributed by atoms with Crippen LogP contribution in [0.2, 0.25) is 0 Å². The predicted octanol–water partition coefficient (Wildman–Crippen LogP) is 2.08. The highest BCUT2D eigenvalue weighted by Gasteiger charge is 2.48. The van der Waals surface area contributed by atoms with Crippen LogP contribution in [0.25, 0.3) is 0 Å². The maximum atomic E-state index is 14.2. The molecule has 0 aliphatic carbocycles. The van der Waals surface area contributed by atoms with Crippen molar-refractivity contribution in [2.75, 3.05) is 19.6 Å². The number of halogens is 1. The highest BCUT2D eigenvalue weighted by Crippen LogP contribution is 2.43. The SMILES string of the molecule is CC(C)C1CN2CCC1(F)CC2. The van der Waals surface area contributed by atoms with Gasteiger partial charge in [0.15, 0.2) is 0 Å². The van der Waals surface area contributed by atoms with Gasteiger partial charge >= 0.3 is 0 Å². The van der Waals surface area contributed by atoms with Crippen molar-refractivity contribution in [1.29, 1.82) is 0 Å². The van der Waals surface area contributed by atoms with Gasteiger partial charge in [-0.25, -0.2) is 4.39 Å². The third-order valence-electron chi connectivity index (χ3n) is 3.61.